The number of methoxy groups -OCH3 is 1. The molecule has 4 rings (SSSR count). The SMILES string of the molecule is COc1cccc(CN(C(=O)COc2ccccc2F)[C@@H](Cc2ccccc2)C(=O)NC2CCCC2)c1. The number of benzene rings is 3. The van der Waals surface area contributed by atoms with Gasteiger partial charge in [-0.1, -0.05) is 67.4 Å². The maximum absolute atomic E-state index is 14.1. The van der Waals surface area contributed by atoms with Gasteiger partial charge in [0.05, 0.1) is 7.11 Å². The number of para-hydroxylation sites is 1. The number of nitrogens with zero attached hydrogens (tertiary/aromatic N) is 1. The predicted molar refractivity (Wildman–Crippen MR) is 140 cm³/mol. The lowest BCUT2D eigenvalue weighted by atomic mass is 10.0. The van der Waals surface area contributed by atoms with Crippen LogP contribution in [0.25, 0.3) is 0 Å². The Bertz CT molecular complexity index is 1180. The molecule has 2 amide bonds. The molecule has 0 unspecified atom stereocenters. The van der Waals surface area contributed by atoms with Crippen LogP contribution in [0, 0.1) is 5.82 Å². The first-order valence-corrected chi connectivity index (χ1v) is 12.7. The number of amides is 2. The average Bonchev–Trinajstić information content (AvgIpc) is 3.43. The van der Waals surface area contributed by atoms with Crippen LogP contribution in [0.3, 0.4) is 0 Å². The molecule has 0 spiro atoms. The monoisotopic (exact) mass is 504 g/mol. The van der Waals surface area contributed by atoms with E-state index in [9.17, 15) is 14.0 Å². The van der Waals surface area contributed by atoms with Gasteiger partial charge in [0.2, 0.25) is 5.91 Å². The smallest absolute Gasteiger partial charge is 0.261 e. The van der Waals surface area contributed by atoms with Crippen molar-refractivity contribution in [3.05, 3.63) is 95.8 Å². The van der Waals surface area contributed by atoms with Crippen LogP contribution in [-0.4, -0.2) is 42.5 Å². The maximum Gasteiger partial charge on any atom is 0.261 e. The second kappa shape index (κ2) is 12.9. The number of carbonyl (C=O) groups excluding carboxylic acids is 2. The number of hydrogen-bond donors (Lipinski definition) is 1. The van der Waals surface area contributed by atoms with Gasteiger partial charge in [0.15, 0.2) is 18.2 Å². The third-order valence-corrected chi connectivity index (χ3v) is 6.65. The number of halogens is 1. The fourth-order valence-electron chi connectivity index (χ4n) is 4.67. The lowest BCUT2D eigenvalue weighted by Gasteiger charge is -2.32. The highest BCUT2D eigenvalue weighted by atomic mass is 19.1. The summed E-state index contributed by atoms with van der Waals surface area (Å²) >= 11 is 0. The molecule has 1 atom stereocenters. The number of carbonyl (C=O) groups is 2. The summed E-state index contributed by atoms with van der Waals surface area (Å²) in [4.78, 5) is 28.8. The van der Waals surface area contributed by atoms with E-state index < -0.39 is 24.4 Å². The molecule has 0 radical (unpaired) electrons. The Labute approximate surface area is 217 Å². The molecule has 7 heteroatoms. The predicted octanol–water partition coefficient (Wildman–Crippen LogP) is 4.91. The molecule has 0 bridgehead atoms. The molecule has 0 heterocycles. The Morgan fingerprint density at radius 1 is 0.973 bits per heavy atom. The second-order valence-electron chi connectivity index (χ2n) is 9.29. The van der Waals surface area contributed by atoms with E-state index in [1.165, 1.54) is 17.0 Å². The standard InChI is InChI=1S/C30H33FN2O4/c1-36-25-15-9-12-23(18-25)20-33(29(34)21-37-28-17-8-7-16-26(28)31)27(19-22-10-3-2-4-11-22)30(35)32-24-13-5-6-14-24/h2-4,7-12,15-18,24,27H,5-6,13-14,19-21H2,1H3,(H,32,35)/t27-/m0/s1. The zero-order valence-electron chi connectivity index (χ0n) is 21.1. The summed E-state index contributed by atoms with van der Waals surface area (Å²) < 4.78 is 25.1. The normalized spacial score (nSPS) is 14.1. The summed E-state index contributed by atoms with van der Waals surface area (Å²) in [5, 5.41) is 3.17. The van der Waals surface area contributed by atoms with Gasteiger partial charge in [-0.2, -0.15) is 0 Å². The summed E-state index contributed by atoms with van der Waals surface area (Å²) in [5.74, 6) is -0.504. The number of hydrogen-bond acceptors (Lipinski definition) is 4. The van der Waals surface area contributed by atoms with E-state index >= 15 is 0 Å². The van der Waals surface area contributed by atoms with Crippen molar-refractivity contribution in [1.82, 2.24) is 10.2 Å². The van der Waals surface area contributed by atoms with Gasteiger partial charge < -0.3 is 19.7 Å². The average molecular weight is 505 g/mol. The first-order chi connectivity index (χ1) is 18.0. The fourth-order valence-corrected chi connectivity index (χ4v) is 4.67. The van der Waals surface area contributed by atoms with Crippen molar-refractivity contribution < 1.29 is 23.5 Å². The maximum atomic E-state index is 14.1. The summed E-state index contributed by atoms with van der Waals surface area (Å²) in [5.41, 5.74) is 1.75. The quantitative estimate of drug-likeness (QED) is 0.403. The van der Waals surface area contributed by atoms with E-state index in [1.54, 1.807) is 19.2 Å². The molecule has 3 aromatic rings. The first-order valence-electron chi connectivity index (χ1n) is 12.7. The van der Waals surface area contributed by atoms with Crippen LogP contribution in [0.5, 0.6) is 11.5 Å². The van der Waals surface area contributed by atoms with Crippen molar-refractivity contribution in [2.75, 3.05) is 13.7 Å². The summed E-state index contributed by atoms with van der Waals surface area (Å²) in [6.45, 7) is -0.223. The molecule has 6 nitrogen and oxygen atoms in total. The van der Waals surface area contributed by atoms with Crippen LogP contribution in [0.2, 0.25) is 0 Å². The van der Waals surface area contributed by atoms with Crippen LogP contribution in [0.15, 0.2) is 78.9 Å². The van der Waals surface area contributed by atoms with Crippen LogP contribution >= 0.6 is 0 Å². The van der Waals surface area contributed by atoms with Gasteiger partial charge in [-0.05, 0) is 48.2 Å². The highest BCUT2D eigenvalue weighted by Gasteiger charge is 2.32. The highest BCUT2D eigenvalue weighted by molar-refractivity contribution is 5.88. The Balaban J connectivity index is 1.63. The van der Waals surface area contributed by atoms with Crippen LogP contribution in [-0.2, 0) is 22.6 Å². The van der Waals surface area contributed by atoms with Crippen molar-refractivity contribution in [2.24, 2.45) is 0 Å². The number of rotatable bonds is 11. The Morgan fingerprint density at radius 3 is 2.41 bits per heavy atom. The van der Waals surface area contributed by atoms with Gasteiger partial charge in [-0.15, -0.1) is 0 Å². The largest absolute Gasteiger partial charge is 0.497 e. The molecular weight excluding hydrogens is 471 g/mol. The van der Waals surface area contributed by atoms with Gasteiger partial charge in [0.25, 0.3) is 5.91 Å². The molecule has 194 valence electrons. The minimum absolute atomic E-state index is 0.00723. The third-order valence-electron chi connectivity index (χ3n) is 6.65. The molecule has 37 heavy (non-hydrogen) atoms. The van der Waals surface area contributed by atoms with Crippen molar-refractivity contribution >= 4 is 11.8 Å². The van der Waals surface area contributed by atoms with Crippen molar-refractivity contribution in [3.63, 3.8) is 0 Å². The third kappa shape index (κ3) is 7.32. The lowest BCUT2D eigenvalue weighted by Crippen LogP contribution is -2.53. The zero-order valence-corrected chi connectivity index (χ0v) is 21.1. The Morgan fingerprint density at radius 2 is 1.68 bits per heavy atom. The molecule has 0 aromatic heterocycles. The van der Waals surface area contributed by atoms with Gasteiger partial charge in [0, 0.05) is 19.0 Å². The van der Waals surface area contributed by atoms with Crippen LogP contribution in [0.4, 0.5) is 4.39 Å². The van der Waals surface area contributed by atoms with E-state index in [-0.39, 0.29) is 24.2 Å². The number of ether oxygens (including phenoxy) is 2. The van der Waals surface area contributed by atoms with Crippen LogP contribution < -0.4 is 14.8 Å². The van der Waals surface area contributed by atoms with Gasteiger partial charge in [0.1, 0.15) is 11.8 Å². The molecule has 1 saturated carbocycles. The lowest BCUT2D eigenvalue weighted by molar-refractivity contribution is -0.143. The minimum Gasteiger partial charge on any atom is -0.497 e. The number of nitrogens with one attached hydrogen (secondary N) is 1. The molecule has 1 fully saturated rings. The first kappa shape index (κ1) is 26.2. The molecule has 0 aliphatic heterocycles. The molecule has 1 aliphatic rings. The molecule has 1 N–H and O–H groups in total. The summed E-state index contributed by atoms with van der Waals surface area (Å²) in [7, 11) is 1.58. The van der Waals surface area contributed by atoms with E-state index in [2.05, 4.69) is 5.32 Å². The Kier molecular flexibility index (Phi) is 9.13. The Hall–Kier alpha value is -3.87. The molecular formula is C30H33FN2O4. The zero-order chi connectivity index (χ0) is 26.0. The summed E-state index contributed by atoms with van der Waals surface area (Å²) in [6, 6.07) is 22.3. The van der Waals surface area contributed by atoms with E-state index in [1.807, 2.05) is 54.6 Å². The molecule has 1 aliphatic carbocycles. The molecule has 0 saturated heterocycles. The van der Waals surface area contributed by atoms with Gasteiger partial charge >= 0.3 is 0 Å². The van der Waals surface area contributed by atoms with E-state index in [4.69, 9.17) is 9.47 Å². The highest BCUT2D eigenvalue weighted by Crippen LogP contribution is 2.22. The van der Waals surface area contributed by atoms with Gasteiger partial charge in [-0.3, -0.25) is 9.59 Å². The van der Waals surface area contributed by atoms with E-state index in [0.29, 0.717) is 12.2 Å². The summed E-state index contributed by atoms with van der Waals surface area (Å²) in [6.07, 6.45) is 4.37. The topological polar surface area (TPSA) is 67.9 Å². The fraction of sp³-hybridized carbons (Fsp3) is 0.333. The van der Waals surface area contributed by atoms with Crippen molar-refractivity contribution in [3.8, 4) is 11.5 Å². The minimum atomic E-state index is -0.772. The molecule has 3 aromatic carbocycles. The van der Waals surface area contributed by atoms with Crippen LogP contribution in [0.1, 0.15) is 36.8 Å². The van der Waals surface area contributed by atoms with E-state index in [0.717, 1.165) is 36.8 Å². The van der Waals surface area contributed by atoms with Crippen molar-refractivity contribution in [2.45, 2.75) is 50.7 Å². The van der Waals surface area contributed by atoms with Gasteiger partial charge in [-0.25, -0.2) is 4.39 Å². The second-order valence-corrected chi connectivity index (χ2v) is 9.29. The van der Waals surface area contributed by atoms with Crippen molar-refractivity contribution in [1.29, 1.82) is 0 Å².